The van der Waals surface area contributed by atoms with Crippen molar-refractivity contribution in [2.75, 3.05) is 0 Å². The van der Waals surface area contributed by atoms with Crippen molar-refractivity contribution in [1.29, 1.82) is 0 Å². The van der Waals surface area contributed by atoms with Gasteiger partial charge in [0.05, 0.1) is 45.1 Å². The molecule has 0 aliphatic heterocycles. The minimum absolute atomic E-state index is 0.253. The van der Waals surface area contributed by atoms with Gasteiger partial charge in [-0.05, 0) is 67.4 Å². The summed E-state index contributed by atoms with van der Waals surface area (Å²) in [6.07, 6.45) is -4.75. The van der Waals surface area contributed by atoms with Gasteiger partial charge in [-0.1, -0.05) is 175 Å². The Labute approximate surface area is 385 Å². The second-order valence-electron chi connectivity index (χ2n) is 16.8. The van der Waals surface area contributed by atoms with E-state index in [2.05, 4.69) is 60.9 Å². The van der Waals surface area contributed by atoms with Crippen molar-refractivity contribution >= 4 is 21.8 Å². The number of halogens is 3. The fraction of sp³-hybridized carbons (Fsp3) is 0.0508. The topological polar surface area (TPSA) is 56.5 Å². The smallest absolute Gasteiger partial charge is 0.308 e. The molecular weight excluding hydrogens is 836 g/mol. The molecule has 0 amide bonds. The lowest BCUT2D eigenvalue weighted by atomic mass is 9.95. The van der Waals surface area contributed by atoms with E-state index in [4.69, 9.17) is 19.9 Å². The van der Waals surface area contributed by atoms with Crippen LogP contribution in [0.1, 0.15) is 16.7 Å². The quantitative estimate of drug-likeness (QED) is 0.153. The third kappa shape index (κ3) is 7.93. The van der Waals surface area contributed by atoms with Crippen LogP contribution in [0.3, 0.4) is 0 Å². The molecule has 0 atom stereocenters. The fourth-order valence-corrected chi connectivity index (χ4v) is 9.08. The molecule has 0 spiro atoms. The molecule has 3 heterocycles. The molecule has 0 radical (unpaired) electrons. The van der Waals surface area contributed by atoms with Gasteiger partial charge in [0.1, 0.15) is 0 Å². The molecule has 11 rings (SSSR count). The highest BCUT2D eigenvalue weighted by Crippen LogP contribution is 2.46. The Morgan fingerprint density at radius 2 is 0.791 bits per heavy atom. The van der Waals surface area contributed by atoms with Gasteiger partial charge in [-0.25, -0.2) is 19.9 Å². The Bertz CT molecular complexity index is 3340. The van der Waals surface area contributed by atoms with E-state index in [0.717, 1.165) is 66.3 Å². The average Bonchev–Trinajstić information content (AvgIpc) is 3.69. The molecule has 0 fully saturated rings. The number of fused-ring (bicyclic) bond motifs is 3. The van der Waals surface area contributed by atoms with Gasteiger partial charge in [-0.2, -0.15) is 13.2 Å². The third-order valence-corrected chi connectivity index (χ3v) is 12.1. The van der Waals surface area contributed by atoms with Crippen molar-refractivity contribution < 1.29 is 13.2 Å². The number of nitrogens with zero attached hydrogens (tertiary/aromatic N) is 5. The molecule has 0 aliphatic rings. The van der Waals surface area contributed by atoms with E-state index < -0.39 is 11.7 Å². The summed E-state index contributed by atoms with van der Waals surface area (Å²) in [4.78, 5) is 20.4. The Hall–Kier alpha value is -8.49. The van der Waals surface area contributed by atoms with Crippen LogP contribution in [0.5, 0.6) is 0 Å². The first-order valence-electron chi connectivity index (χ1n) is 22.0. The summed E-state index contributed by atoms with van der Waals surface area (Å²) in [5.41, 5.74) is 11.0. The zero-order valence-electron chi connectivity index (χ0n) is 36.5. The zero-order chi connectivity index (χ0) is 45.6. The third-order valence-electron chi connectivity index (χ3n) is 12.1. The SMILES string of the molecule is Cc1cc(C)cc(-c2ccc3c(c2)c2ccccc2n3-c2c(-c3cc(-c4ccccc4)nc(-c4ccccc4)n3)cc(C(F)(F)F)cc2-c2cc(-c3ccccc3)nc(-c3ccccc3)n2)c1. The molecule has 5 nitrogen and oxygen atoms in total. The normalized spacial score (nSPS) is 11.7. The fourth-order valence-electron chi connectivity index (χ4n) is 9.08. The van der Waals surface area contributed by atoms with Gasteiger partial charge >= 0.3 is 6.18 Å². The predicted molar refractivity (Wildman–Crippen MR) is 264 cm³/mol. The Morgan fingerprint density at radius 1 is 0.358 bits per heavy atom. The van der Waals surface area contributed by atoms with Gasteiger partial charge < -0.3 is 4.57 Å². The van der Waals surface area contributed by atoms with Crippen molar-refractivity contribution in [3.63, 3.8) is 0 Å². The second-order valence-corrected chi connectivity index (χ2v) is 16.8. The number of alkyl halides is 3. The lowest BCUT2D eigenvalue weighted by Crippen LogP contribution is -2.10. The summed E-state index contributed by atoms with van der Waals surface area (Å²) in [6.45, 7) is 4.18. The minimum Gasteiger partial charge on any atom is -0.308 e. The Morgan fingerprint density at radius 3 is 1.28 bits per heavy atom. The van der Waals surface area contributed by atoms with Crippen molar-refractivity contribution in [1.82, 2.24) is 24.5 Å². The number of rotatable bonds is 8. The van der Waals surface area contributed by atoms with Crippen molar-refractivity contribution in [3.8, 4) is 84.6 Å². The van der Waals surface area contributed by atoms with E-state index in [0.29, 0.717) is 40.1 Å². The molecule has 0 unspecified atom stereocenters. The van der Waals surface area contributed by atoms with E-state index >= 15 is 13.2 Å². The Kier molecular flexibility index (Phi) is 10.3. The van der Waals surface area contributed by atoms with Crippen LogP contribution in [-0.4, -0.2) is 24.5 Å². The molecule has 0 saturated carbocycles. The van der Waals surface area contributed by atoms with Crippen molar-refractivity contribution in [3.05, 3.63) is 223 Å². The maximum atomic E-state index is 15.7. The molecule has 8 aromatic carbocycles. The van der Waals surface area contributed by atoms with Gasteiger partial charge in [-0.3, -0.25) is 0 Å². The van der Waals surface area contributed by atoms with E-state index in [-0.39, 0.29) is 11.1 Å². The standard InChI is InChI=1S/C59H40F3N5/c1-37-29-38(2)31-44(30-37)43-27-28-55-47(32-43)46-25-15-16-26-54(46)67(55)56-48(52-35-50(39-17-7-3-8-18-39)63-57(65-52)41-21-11-5-12-22-41)33-45(59(60,61)62)34-49(56)53-36-51(40-19-9-4-10-20-40)64-58(66-53)42-23-13-6-14-24-42/h3-36H,1-2H3. The summed E-state index contributed by atoms with van der Waals surface area (Å²) in [5, 5.41) is 1.88. The molecule has 3 aromatic heterocycles. The summed E-state index contributed by atoms with van der Waals surface area (Å²) in [5.74, 6) is 0.754. The second kappa shape index (κ2) is 16.8. The molecule has 8 heteroatoms. The molecule has 0 bridgehead atoms. The maximum Gasteiger partial charge on any atom is 0.416 e. The van der Waals surface area contributed by atoms with Gasteiger partial charge in [0.25, 0.3) is 0 Å². The van der Waals surface area contributed by atoms with Crippen LogP contribution in [0, 0.1) is 13.8 Å². The summed E-state index contributed by atoms with van der Waals surface area (Å²) < 4.78 is 49.3. The summed E-state index contributed by atoms with van der Waals surface area (Å²) in [7, 11) is 0. The lowest BCUT2D eigenvalue weighted by molar-refractivity contribution is -0.137. The monoisotopic (exact) mass is 875 g/mol. The van der Waals surface area contributed by atoms with Crippen LogP contribution in [0.4, 0.5) is 13.2 Å². The molecule has 322 valence electrons. The van der Waals surface area contributed by atoms with Crippen LogP contribution in [0.2, 0.25) is 0 Å². The number of benzene rings is 8. The first-order valence-corrected chi connectivity index (χ1v) is 22.0. The molecule has 0 N–H and O–H groups in total. The minimum atomic E-state index is -4.75. The molecule has 11 aromatic rings. The lowest BCUT2D eigenvalue weighted by Gasteiger charge is -2.22. The summed E-state index contributed by atoms with van der Waals surface area (Å²) in [6, 6.07) is 65.3. The van der Waals surface area contributed by atoms with E-state index in [1.54, 1.807) is 12.1 Å². The highest BCUT2D eigenvalue weighted by atomic mass is 19.4. The van der Waals surface area contributed by atoms with Gasteiger partial charge in [0, 0.05) is 44.2 Å². The van der Waals surface area contributed by atoms with Crippen LogP contribution < -0.4 is 0 Å². The van der Waals surface area contributed by atoms with Crippen LogP contribution in [0.15, 0.2) is 206 Å². The molecule has 0 saturated heterocycles. The molecular formula is C59H40F3N5. The number of hydrogen-bond donors (Lipinski definition) is 0. The summed E-state index contributed by atoms with van der Waals surface area (Å²) >= 11 is 0. The first-order chi connectivity index (χ1) is 32.6. The molecule has 0 aliphatic carbocycles. The number of aromatic nitrogens is 5. The van der Waals surface area contributed by atoms with Gasteiger partial charge in [-0.15, -0.1) is 0 Å². The maximum absolute atomic E-state index is 15.7. The van der Waals surface area contributed by atoms with Crippen molar-refractivity contribution in [2.45, 2.75) is 20.0 Å². The number of aryl methyl sites for hydroxylation is 2. The van der Waals surface area contributed by atoms with Gasteiger partial charge in [0.2, 0.25) is 0 Å². The number of hydrogen-bond acceptors (Lipinski definition) is 4. The number of para-hydroxylation sites is 1. The Balaban J connectivity index is 1.30. The highest BCUT2D eigenvalue weighted by molar-refractivity contribution is 6.12. The van der Waals surface area contributed by atoms with Crippen LogP contribution in [-0.2, 0) is 6.18 Å². The van der Waals surface area contributed by atoms with Crippen LogP contribution >= 0.6 is 0 Å². The van der Waals surface area contributed by atoms with Crippen molar-refractivity contribution in [2.24, 2.45) is 0 Å². The molecule has 67 heavy (non-hydrogen) atoms. The zero-order valence-corrected chi connectivity index (χ0v) is 36.5. The van der Waals surface area contributed by atoms with Crippen LogP contribution in [0.25, 0.3) is 106 Å². The largest absolute Gasteiger partial charge is 0.416 e. The average molecular weight is 876 g/mol. The highest BCUT2D eigenvalue weighted by Gasteiger charge is 2.35. The van der Waals surface area contributed by atoms with E-state index in [1.807, 2.05) is 140 Å². The first kappa shape index (κ1) is 41.2. The van der Waals surface area contributed by atoms with E-state index in [9.17, 15) is 0 Å². The predicted octanol–water partition coefficient (Wildman–Crippen LogP) is 15.7. The van der Waals surface area contributed by atoms with Gasteiger partial charge in [0.15, 0.2) is 11.6 Å². The van der Waals surface area contributed by atoms with E-state index in [1.165, 1.54) is 12.1 Å².